The van der Waals surface area contributed by atoms with E-state index in [0.717, 1.165) is 5.56 Å². The molecule has 32 heavy (non-hydrogen) atoms. The summed E-state index contributed by atoms with van der Waals surface area (Å²) in [7, 11) is 1.51. The van der Waals surface area contributed by atoms with Crippen molar-refractivity contribution in [3.8, 4) is 11.5 Å². The first-order valence-corrected chi connectivity index (χ1v) is 9.39. The highest BCUT2D eigenvalue weighted by Gasteiger charge is 2.08. The van der Waals surface area contributed by atoms with Crippen LogP contribution in [-0.2, 0) is 18.1 Å². The third-order valence-corrected chi connectivity index (χ3v) is 4.36. The Kier molecular flexibility index (Phi) is 7.31. The van der Waals surface area contributed by atoms with Crippen molar-refractivity contribution in [1.82, 2.24) is 0 Å². The smallest absolute Gasteiger partial charge is 0.269 e. The molecule has 10 heteroatoms. The molecule has 0 aromatic heterocycles. The molecule has 10 nitrogen and oxygen atoms in total. The lowest BCUT2D eigenvalue weighted by molar-refractivity contribution is -0.385. The summed E-state index contributed by atoms with van der Waals surface area (Å²) >= 11 is 0. The van der Waals surface area contributed by atoms with Gasteiger partial charge in [0.15, 0.2) is 11.5 Å². The number of rotatable bonds is 10. The van der Waals surface area contributed by atoms with Crippen LogP contribution in [0.4, 0.5) is 11.4 Å². The van der Waals surface area contributed by atoms with Crippen molar-refractivity contribution in [3.05, 3.63) is 104 Å². The van der Waals surface area contributed by atoms with Crippen LogP contribution in [0.3, 0.4) is 0 Å². The van der Waals surface area contributed by atoms with Crippen molar-refractivity contribution < 1.29 is 24.2 Å². The topological polar surface area (TPSA) is 126 Å². The standard InChI is InChI=1S/C22H19N3O7/c1-30-22-12-17(13-23-32-15-18-3-2-4-20(11-18)25(28)29)7-10-21(22)31-14-16-5-8-19(9-6-16)24(26)27/h2-13H,14-15H2,1H3/b23-13-. The number of hydrogen-bond acceptors (Lipinski definition) is 8. The summed E-state index contributed by atoms with van der Waals surface area (Å²) in [5.74, 6) is 0.982. The molecule has 3 aromatic rings. The lowest BCUT2D eigenvalue weighted by Crippen LogP contribution is -1.99. The number of oxime groups is 1. The number of non-ortho nitro benzene ring substituents is 2. The maximum atomic E-state index is 10.8. The van der Waals surface area contributed by atoms with Crippen LogP contribution in [0.15, 0.2) is 71.9 Å². The van der Waals surface area contributed by atoms with E-state index in [0.29, 0.717) is 22.6 Å². The number of nitrogens with zero attached hydrogens (tertiary/aromatic N) is 3. The van der Waals surface area contributed by atoms with Crippen molar-refractivity contribution in [2.75, 3.05) is 7.11 Å². The van der Waals surface area contributed by atoms with E-state index in [9.17, 15) is 20.2 Å². The van der Waals surface area contributed by atoms with Gasteiger partial charge in [-0.2, -0.15) is 0 Å². The number of benzene rings is 3. The molecule has 0 unspecified atom stereocenters. The number of methoxy groups -OCH3 is 1. The van der Waals surface area contributed by atoms with Crippen molar-refractivity contribution in [3.63, 3.8) is 0 Å². The van der Waals surface area contributed by atoms with Crippen LogP contribution >= 0.6 is 0 Å². The zero-order valence-electron chi connectivity index (χ0n) is 17.0. The van der Waals surface area contributed by atoms with Gasteiger partial charge in [-0.25, -0.2) is 0 Å². The Bertz CT molecular complexity index is 1130. The number of ether oxygens (including phenoxy) is 2. The van der Waals surface area contributed by atoms with E-state index in [1.165, 1.54) is 37.6 Å². The second kappa shape index (κ2) is 10.5. The Hall–Kier alpha value is -4.47. The fourth-order valence-corrected chi connectivity index (χ4v) is 2.73. The van der Waals surface area contributed by atoms with Gasteiger partial charge in [0.2, 0.25) is 0 Å². The Labute approximate surface area is 183 Å². The minimum absolute atomic E-state index is 0.0101. The molecule has 0 fully saturated rings. The maximum Gasteiger partial charge on any atom is 0.269 e. The molecule has 0 aliphatic heterocycles. The lowest BCUT2D eigenvalue weighted by Gasteiger charge is -2.11. The summed E-state index contributed by atoms with van der Waals surface area (Å²) in [6.45, 7) is 0.305. The molecule has 0 saturated carbocycles. The Morgan fingerprint density at radius 2 is 1.59 bits per heavy atom. The van der Waals surface area contributed by atoms with Gasteiger partial charge in [0.1, 0.15) is 13.2 Å². The van der Waals surface area contributed by atoms with E-state index >= 15 is 0 Å². The number of nitro groups is 2. The Morgan fingerprint density at radius 1 is 0.844 bits per heavy atom. The first-order chi connectivity index (χ1) is 15.5. The summed E-state index contributed by atoms with van der Waals surface area (Å²) in [6.07, 6.45) is 1.49. The second-order valence-corrected chi connectivity index (χ2v) is 6.56. The van der Waals surface area contributed by atoms with Gasteiger partial charge >= 0.3 is 0 Å². The quantitative estimate of drug-likeness (QED) is 0.257. The van der Waals surface area contributed by atoms with E-state index in [2.05, 4.69) is 5.16 Å². The molecule has 0 bridgehead atoms. The van der Waals surface area contributed by atoms with Gasteiger partial charge in [0.25, 0.3) is 11.4 Å². The predicted molar refractivity (Wildman–Crippen MR) is 116 cm³/mol. The molecular weight excluding hydrogens is 418 g/mol. The summed E-state index contributed by atoms with van der Waals surface area (Å²) < 4.78 is 11.1. The third-order valence-electron chi connectivity index (χ3n) is 4.36. The normalized spacial score (nSPS) is 10.7. The van der Waals surface area contributed by atoms with Crippen LogP contribution in [0.2, 0.25) is 0 Å². The molecule has 0 radical (unpaired) electrons. The first kappa shape index (κ1) is 22.2. The molecule has 164 valence electrons. The van der Waals surface area contributed by atoms with E-state index < -0.39 is 9.85 Å². The Balaban J connectivity index is 1.57. The SMILES string of the molecule is COc1cc(/C=N\OCc2cccc([N+](=O)[O-])c2)ccc1OCc1ccc([N+](=O)[O-])cc1. The van der Waals surface area contributed by atoms with Gasteiger partial charge in [-0.1, -0.05) is 17.3 Å². The largest absolute Gasteiger partial charge is 0.493 e. The van der Waals surface area contributed by atoms with Gasteiger partial charge in [-0.05, 0) is 41.5 Å². The first-order valence-electron chi connectivity index (χ1n) is 9.39. The highest BCUT2D eigenvalue weighted by Crippen LogP contribution is 2.28. The molecule has 0 spiro atoms. The monoisotopic (exact) mass is 437 g/mol. The summed E-state index contributed by atoms with van der Waals surface area (Å²) in [5, 5.41) is 25.4. The number of nitro benzene ring substituents is 2. The molecule has 0 N–H and O–H groups in total. The van der Waals surface area contributed by atoms with Gasteiger partial charge in [-0.3, -0.25) is 20.2 Å². The van der Waals surface area contributed by atoms with Crippen molar-refractivity contribution in [1.29, 1.82) is 0 Å². The van der Waals surface area contributed by atoms with Crippen molar-refractivity contribution in [2.45, 2.75) is 13.2 Å². The summed E-state index contributed by atoms with van der Waals surface area (Å²) in [6, 6.07) is 17.4. The van der Waals surface area contributed by atoms with E-state index in [1.54, 1.807) is 42.5 Å². The van der Waals surface area contributed by atoms with Crippen LogP contribution in [0, 0.1) is 20.2 Å². The average molecular weight is 437 g/mol. The molecule has 3 rings (SSSR count). The van der Waals surface area contributed by atoms with Gasteiger partial charge in [0, 0.05) is 29.8 Å². The number of hydrogen-bond donors (Lipinski definition) is 0. The molecule has 0 amide bonds. The minimum Gasteiger partial charge on any atom is -0.493 e. The molecule has 0 saturated heterocycles. The van der Waals surface area contributed by atoms with Crippen LogP contribution in [0.25, 0.3) is 0 Å². The zero-order chi connectivity index (χ0) is 22.9. The summed E-state index contributed by atoms with van der Waals surface area (Å²) in [5.41, 5.74) is 2.11. The lowest BCUT2D eigenvalue weighted by atomic mass is 10.2. The fourth-order valence-electron chi connectivity index (χ4n) is 2.73. The molecule has 0 aliphatic carbocycles. The van der Waals surface area contributed by atoms with E-state index in [1.807, 2.05) is 0 Å². The van der Waals surface area contributed by atoms with Crippen LogP contribution in [-0.4, -0.2) is 23.2 Å². The van der Waals surface area contributed by atoms with Crippen LogP contribution < -0.4 is 9.47 Å². The van der Waals surface area contributed by atoms with Gasteiger partial charge < -0.3 is 14.3 Å². The highest BCUT2D eigenvalue weighted by molar-refractivity contribution is 5.80. The highest BCUT2D eigenvalue weighted by atomic mass is 16.6. The van der Waals surface area contributed by atoms with Gasteiger partial charge in [-0.15, -0.1) is 0 Å². The molecule has 0 heterocycles. The van der Waals surface area contributed by atoms with E-state index in [4.69, 9.17) is 14.3 Å². The molecule has 0 aliphatic rings. The second-order valence-electron chi connectivity index (χ2n) is 6.56. The Morgan fingerprint density at radius 3 is 2.28 bits per heavy atom. The average Bonchev–Trinajstić information content (AvgIpc) is 2.81. The minimum atomic E-state index is -0.468. The fraction of sp³-hybridized carbons (Fsp3) is 0.136. The molecule has 0 atom stereocenters. The molecule has 3 aromatic carbocycles. The van der Waals surface area contributed by atoms with E-state index in [-0.39, 0.29) is 24.6 Å². The van der Waals surface area contributed by atoms with Crippen molar-refractivity contribution >= 4 is 17.6 Å². The van der Waals surface area contributed by atoms with Crippen molar-refractivity contribution in [2.24, 2.45) is 5.16 Å². The zero-order valence-corrected chi connectivity index (χ0v) is 17.0. The summed E-state index contributed by atoms with van der Waals surface area (Å²) in [4.78, 5) is 25.8. The van der Waals surface area contributed by atoms with Gasteiger partial charge in [0.05, 0.1) is 23.2 Å². The third kappa shape index (κ3) is 6.02. The maximum absolute atomic E-state index is 10.8. The molecular formula is C22H19N3O7. The van der Waals surface area contributed by atoms with Crippen LogP contribution in [0.5, 0.6) is 11.5 Å². The van der Waals surface area contributed by atoms with Crippen LogP contribution in [0.1, 0.15) is 16.7 Å². The predicted octanol–water partition coefficient (Wildman–Crippen LogP) is 4.64.